The zero-order chi connectivity index (χ0) is 20.1. The maximum absolute atomic E-state index is 12.7. The number of rotatable bonds is 6. The quantitative estimate of drug-likeness (QED) is 0.696. The number of carbonyl (C=O) groups is 1. The Morgan fingerprint density at radius 2 is 2.10 bits per heavy atom. The summed E-state index contributed by atoms with van der Waals surface area (Å²) in [4.78, 5) is 18.7. The van der Waals surface area contributed by atoms with Crippen LogP contribution in [0.15, 0.2) is 61.1 Å². The fourth-order valence-electron chi connectivity index (χ4n) is 3.14. The normalized spacial score (nSPS) is 15.0. The molecule has 8 heteroatoms. The van der Waals surface area contributed by atoms with Crippen LogP contribution < -0.4 is 14.8 Å². The van der Waals surface area contributed by atoms with Crippen molar-refractivity contribution < 1.29 is 14.3 Å². The minimum absolute atomic E-state index is 0.146. The lowest BCUT2D eigenvalue weighted by Crippen LogP contribution is -2.47. The molecule has 0 radical (unpaired) electrons. The maximum atomic E-state index is 12.7. The van der Waals surface area contributed by atoms with Crippen molar-refractivity contribution in [2.24, 2.45) is 0 Å². The van der Waals surface area contributed by atoms with Crippen LogP contribution in [0.2, 0.25) is 0 Å². The number of likely N-dealkylation sites (N-methyl/N-ethyl adjacent to an activating group) is 1. The van der Waals surface area contributed by atoms with Gasteiger partial charge in [0.25, 0.3) is 0 Å². The molecule has 0 spiro atoms. The summed E-state index contributed by atoms with van der Waals surface area (Å²) in [5.41, 5.74) is 0.945. The van der Waals surface area contributed by atoms with E-state index >= 15 is 0 Å². The molecule has 1 aromatic carbocycles. The lowest BCUT2D eigenvalue weighted by atomic mass is 10.2. The van der Waals surface area contributed by atoms with Gasteiger partial charge in [-0.3, -0.25) is 0 Å². The Morgan fingerprint density at radius 3 is 2.90 bits per heavy atom. The number of pyridine rings is 1. The number of aromatic nitrogens is 3. The van der Waals surface area contributed by atoms with Gasteiger partial charge in [-0.05, 0) is 42.8 Å². The third-order valence-corrected chi connectivity index (χ3v) is 4.65. The zero-order valence-electron chi connectivity index (χ0n) is 16.2. The van der Waals surface area contributed by atoms with E-state index in [1.165, 1.54) is 0 Å². The molecule has 2 aromatic heterocycles. The molecule has 0 saturated carbocycles. The average molecular weight is 393 g/mol. The molecule has 2 amide bonds. The number of hydrogen-bond acceptors (Lipinski definition) is 5. The topological polar surface area (TPSA) is 81.5 Å². The summed E-state index contributed by atoms with van der Waals surface area (Å²) >= 11 is 0. The van der Waals surface area contributed by atoms with Crippen LogP contribution in [-0.2, 0) is 6.54 Å². The summed E-state index contributed by atoms with van der Waals surface area (Å²) in [7, 11) is 0. The van der Waals surface area contributed by atoms with Crippen LogP contribution in [0, 0.1) is 0 Å². The maximum Gasteiger partial charge on any atom is 0.317 e. The van der Waals surface area contributed by atoms with Gasteiger partial charge in [-0.2, -0.15) is 5.10 Å². The molecule has 1 aliphatic rings. The largest absolute Gasteiger partial charge is 0.486 e. The molecule has 1 aliphatic heterocycles. The Bertz CT molecular complexity index is 960. The Kier molecular flexibility index (Phi) is 5.60. The number of para-hydroxylation sites is 2. The molecule has 0 fully saturated rings. The SMILES string of the molecule is CCN(CC1COc2ccccc2O1)C(=O)NCc1ccnc(-n2cccn2)c1. The van der Waals surface area contributed by atoms with Crippen LogP contribution >= 0.6 is 0 Å². The predicted octanol–water partition coefficient (Wildman–Crippen LogP) is 2.64. The Balaban J connectivity index is 1.33. The predicted molar refractivity (Wildman–Crippen MR) is 107 cm³/mol. The molecule has 8 nitrogen and oxygen atoms in total. The first kappa shape index (κ1) is 18.8. The second-order valence-corrected chi connectivity index (χ2v) is 6.67. The van der Waals surface area contributed by atoms with Crippen LogP contribution in [0.5, 0.6) is 11.5 Å². The van der Waals surface area contributed by atoms with Crippen LogP contribution in [0.25, 0.3) is 5.82 Å². The summed E-state index contributed by atoms with van der Waals surface area (Å²) in [6.07, 6.45) is 5.03. The van der Waals surface area contributed by atoms with Gasteiger partial charge in [-0.1, -0.05) is 12.1 Å². The van der Waals surface area contributed by atoms with E-state index in [2.05, 4.69) is 15.4 Å². The monoisotopic (exact) mass is 393 g/mol. The van der Waals surface area contributed by atoms with E-state index in [4.69, 9.17) is 9.47 Å². The Labute approximate surface area is 169 Å². The van der Waals surface area contributed by atoms with Crippen LogP contribution in [-0.4, -0.2) is 51.5 Å². The first-order chi connectivity index (χ1) is 14.2. The van der Waals surface area contributed by atoms with Gasteiger partial charge >= 0.3 is 6.03 Å². The van der Waals surface area contributed by atoms with E-state index < -0.39 is 0 Å². The minimum atomic E-state index is -0.206. The highest BCUT2D eigenvalue weighted by molar-refractivity contribution is 5.74. The van der Waals surface area contributed by atoms with Crippen molar-refractivity contribution in [1.82, 2.24) is 25.0 Å². The van der Waals surface area contributed by atoms with Gasteiger partial charge in [-0.25, -0.2) is 14.5 Å². The third kappa shape index (κ3) is 4.48. The molecule has 1 N–H and O–H groups in total. The average Bonchev–Trinajstić information content (AvgIpc) is 3.31. The lowest BCUT2D eigenvalue weighted by molar-refractivity contribution is 0.0675. The van der Waals surface area contributed by atoms with Gasteiger partial charge in [0.05, 0.1) is 6.54 Å². The molecule has 1 atom stereocenters. The van der Waals surface area contributed by atoms with E-state index in [1.54, 1.807) is 22.0 Å². The highest BCUT2D eigenvalue weighted by Gasteiger charge is 2.24. The minimum Gasteiger partial charge on any atom is -0.486 e. The molecule has 29 heavy (non-hydrogen) atoms. The van der Waals surface area contributed by atoms with Gasteiger partial charge in [-0.15, -0.1) is 0 Å². The van der Waals surface area contributed by atoms with E-state index in [0.717, 1.165) is 11.3 Å². The fraction of sp³-hybridized carbons (Fsp3) is 0.286. The van der Waals surface area contributed by atoms with E-state index in [-0.39, 0.29) is 12.1 Å². The molecule has 3 aromatic rings. The molecule has 1 unspecified atom stereocenters. The molecule has 4 rings (SSSR count). The van der Waals surface area contributed by atoms with Crippen molar-refractivity contribution in [1.29, 1.82) is 0 Å². The molecule has 150 valence electrons. The molecular weight excluding hydrogens is 370 g/mol. The zero-order valence-corrected chi connectivity index (χ0v) is 16.2. The van der Waals surface area contributed by atoms with Crippen LogP contribution in [0.1, 0.15) is 12.5 Å². The van der Waals surface area contributed by atoms with Crippen molar-refractivity contribution in [3.63, 3.8) is 0 Å². The van der Waals surface area contributed by atoms with Crippen molar-refractivity contribution >= 4 is 6.03 Å². The molecule has 3 heterocycles. The summed E-state index contributed by atoms with van der Waals surface area (Å²) in [6, 6.07) is 13.0. The van der Waals surface area contributed by atoms with E-state index in [9.17, 15) is 4.79 Å². The molecule has 0 bridgehead atoms. The number of nitrogens with one attached hydrogen (secondary N) is 1. The summed E-state index contributed by atoms with van der Waals surface area (Å²) < 4.78 is 13.4. The van der Waals surface area contributed by atoms with E-state index in [0.29, 0.717) is 37.8 Å². The number of carbonyl (C=O) groups excluding carboxylic acids is 1. The van der Waals surface area contributed by atoms with Crippen molar-refractivity contribution in [3.05, 3.63) is 66.6 Å². The number of benzene rings is 1. The molecular formula is C21H23N5O3. The van der Waals surface area contributed by atoms with Crippen molar-refractivity contribution in [2.75, 3.05) is 19.7 Å². The number of amides is 2. The summed E-state index contributed by atoms with van der Waals surface area (Å²) in [5, 5.41) is 7.14. The summed E-state index contributed by atoms with van der Waals surface area (Å²) in [5.74, 6) is 2.16. The van der Waals surface area contributed by atoms with Gasteiger partial charge in [0.2, 0.25) is 0 Å². The van der Waals surface area contributed by atoms with Crippen molar-refractivity contribution in [3.8, 4) is 17.3 Å². The smallest absolute Gasteiger partial charge is 0.317 e. The van der Waals surface area contributed by atoms with E-state index in [1.807, 2.05) is 55.6 Å². The number of nitrogens with zero attached hydrogens (tertiary/aromatic N) is 4. The number of fused-ring (bicyclic) bond motifs is 1. The highest BCUT2D eigenvalue weighted by atomic mass is 16.6. The number of ether oxygens (including phenoxy) is 2. The van der Waals surface area contributed by atoms with Crippen LogP contribution in [0.4, 0.5) is 4.79 Å². The highest BCUT2D eigenvalue weighted by Crippen LogP contribution is 2.31. The standard InChI is InChI=1S/C21H23N5O3/c1-2-25(14-17-15-28-18-6-3-4-7-19(18)29-17)21(27)23-13-16-8-10-22-20(12-16)26-11-5-9-24-26/h3-12,17H,2,13-15H2,1H3,(H,23,27). The van der Waals surface area contributed by atoms with Crippen LogP contribution in [0.3, 0.4) is 0 Å². The molecule has 0 aliphatic carbocycles. The number of urea groups is 1. The Hall–Kier alpha value is -3.55. The molecule has 0 saturated heterocycles. The number of hydrogen-bond donors (Lipinski definition) is 1. The van der Waals surface area contributed by atoms with Gasteiger partial charge in [0.15, 0.2) is 23.4 Å². The second-order valence-electron chi connectivity index (χ2n) is 6.67. The summed E-state index contributed by atoms with van der Waals surface area (Å²) in [6.45, 7) is 3.78. The Morgan fingerprint density at radius 1 is 1.24 bits per heavy atom. The van der Waals surface area contributed by atoms with Gasteiger partial charge in [0.1, 0.15) is 6.61 Å². The van der Waals surface area contributed by atoms with Gasteiger partial charge in [0, 0.05) is 31.7 Å². The first-order valence-electron chi connectivity index (χ1n) is 9.59. The fourth-order valence-corrected chi connectivity index (χ4v) is 3.14. The van der Waals surface area contributed by atoms with Crippen molar-refractivity contribution in [2.45, 2.75) is 19.6 Å². The second kappa shape index (κ2) is 8.64. The lowest BCUT2D eigenvalue weighted by Gasteiger charge is -2.31. The first-order valence-corrected chi connectivity index (χ1v) is 9.59. The third-order valence-electron chi connectivity index (χ3n) is 4.65. The van der Waals surface area contributed by atoms with Gasteiger partial charge < -0.3 is 19.7 Å².